The largest absolute Gasteiger partial charge is 0.416 e. The maximum Gasteiger partial charge on any atom is 0.416 e. The average Bonchev–Trinajstić information content (AvgIpc) is 2.85. The van der Waals surface area contributed by atoms with Crippen LogP contribution in [0.25, 0.3) is 0 Å². The van der Waals surface area contributed by atoms with E-state index in [2.05, 4.69) is 10.2 Å². The van der Waals surface area contributed by atoms with E-state index in [0.717, 1.165) is 30.3 Å². The summed E-state index contributed by atoms with van der Waals surface area (Å²) in [5, 5.41) is 12.5. The summed E-state index contributed by atoms with van der Waals surface area (Å²) in [5.74, 6) is -1.22. The fraction of sp³-hybridized carbons (Fsp3) is 0.481. The molecule has 0 saturated carbocycles. The Morgan fingerprint density at radius 2 is 1.82 bits per heavy atom. The number of carbonyl (C=O) groups excluding carboxylic acids is 2. The van der Waals surface area contributed by atoms with Crippen LogP contribution in [0.15, 0.2) is 36.4 Å². The molecule has 0 radical (unpaired) electrons. The molecule has 0 bridgehead atoms. The van der Waals surface area contributed by atoms with Crippen molar-refractivity contribution in [3.05, 3.63) is 64.2 Å². The van der Waals surface area contributed by atoms with Crippen molar-refractivity contribution in [2.75, 3.05) is 51.6 Å². The van der Waals surface area contributed by atoms with Crippen molar-refractivity contribution in [2.24, 2.45) is 5.73 Å². The number of likely N-dealkylation sites (N-methyl/N-ethyl adjacent to an activating group) is 1. The smallest absolute Gasteiger partial charge is 0.382 e. The van der Waals surface area contributed by atoms with Gasteiger partial charge in [0, 0.05) is 63.6 Å². The average molecular weight is 534 g/mol. The van der Waals surface area contributed by atoms with Crippen molar-refractivity contribution in [3.63, 3.8) is 0 Å². The number of β-amino-alcohol motifs (C(OH)–C–C–N with tert-alkyl or cyclic N) is 1. The van der Waals surface area contributed by atoms with Gasteiger partial charge in [-0.1, -0.05) is 19.1 Å². The Balaban J connectivity index is 1.49. The second-order valence-electron chi connectivity index (χ2n) is 10.3. The summed E-state index contributed by atoms with van der Waals surface area (Å²) >= 11 is 0. The Labute approximate surface area is 220 Å². The van der Waals surface area contributed by atoms with E-state index in [1.165, 1.54) is 12.1 Å². The third-order valence-corrected chi connectivity index (χ3v) is 7.28. The van der Waals surface area contributed by atoms with Crippen molar-refractivity contribution >= 4 is 17.5 Å². The lowest BCUT2D eigenvalue weighted by atomic mass is 9.89. The van der Waals surface area contributed by atoms with Gasteiger partial charge >= 0.3 is 6.18 Å². The molecule has 2 aliphatic heterocycles. The van der Waals surface area contributed by atoms with Gasteiger partial charge in [0.1, 0.15) is 6.10 Å². The predicted molar refractivity (Wildman–Crippen MR) is 138 cm³/mol. The molecule has 2 heterocycles. The maximum atomic E-state index is 13.9. The molecule has 2 amide bonds. The zero-order valence-electron chi connectivity index (χ0n) is 21.6. The van der Waals surface area contributed by atoms with Gasteiger partial charge in [-0.2, -0.15) is 13.2 Å². The van der Waals surface area contributed by atoms with Gasteiger partial charge in [0.15, 0.2) is 0 Å². The predicted octanol–water partition coefficient (Wildman–Crippen LogP) is 2.47. The number of anilines is 1. The number of aliphatic hydroxyl groups is 1. The molecule has 0 aliphatic carbocycles. The number of nitrogens with zero attached hydrogens (tertiary/aromatic N) is 3. The van der Waals surface area contributed by atoms with Gasteiger partial charge in [-0.25, -0.2) is 0 Å². The number of hydrogen-bond acceptors (Lipinski definition) is 6. The number of nitrogens with two attached hydrogens (primary N) is 1. The molecular formula is C27H34F3N5O3. The summed E-state index contributed by atoms with van der Waals surface area (Å²) in [7, 11) is 1.99. The fourth-order valence-electron chi connectivity index (χ4n) is 5.14. The molecule has 11 heteroatoms. The van der Waals surface area contributed by atoms with Crippen LogP contribution in [0.4, 0.5) is 18.9 Å². The molecule has 2 atom stereocenters. The van der Waals surface area contributed by atoms with Crippen LogP contribution in [-0.4, -0.2) is 84.0 Å². The van der Waals surface area contributed by atoms with E-state index in [0.29, 0.717) is 31.7 Å². The van der Waals surface area contributed by atoms with Crippen molar-refractivity contribution in [1.29, 1.82) is 0 Å². The molecule has 2 aromatic rings. The van der Waals surface area contributed by atoms with Crippen LogP contribution >= 0.6 is 0 Å². The fourth-order valence-corrected chi connectivity index (χ4v) is 5.14. The van der Waals surface area contributed by atoms with Gasteiger partial charge in [0.25, 0.3) is 5.91 Å². The molecule has 1 saturated heterocycles. The lowest BCUT2D eigenvalue weighted by Crippen LogP contribution is -2.44. The third kappa shape index (κ3) is 6.71. The summed E-state index contributed by atoms with van der Waals surface area (Å²) in [5.41, 5.74) is 6.88. The number of alkyl halides is 3. The van der Waals surface area contributed by atoms with E-state index in [1.54, 1.807) is 12.1 Å². The van der Waals surface area contributed by atoms with Crippen molar-refractivity contribution in [2.45, 2.75) is 38.2 Å². The molecule has 4 rings (SSSR count). The highest BCUT2D eigenvalue weighted by molar-refractivity contribution is 6.04. The summed E-state index contributed by atoms with van der Waals surface area (Å²) in [6, 6.07) is 9.15. The zero-order valence-corrected chi connectivity index (χ0v) is 21.6. The maximum absolute atomic E-state index is 13.9. The molecule has 0 aromatic heterocycles. The number of aliphatic hydroxyl groups excluding tert-OH is 1. The first kappa shape index (κ1) is 28.0. The number of primary amides is 1. The number of halogens is 3. The van der Waals surface area contributed by atoms with Gasteiger partial charge in [-0.15, -0.1) is 0 Å². The lowest BCUT2D eigenvalue weighted by Gasteiger charge is -2.34. The highest BCUT2D eigenvalue weighted by atomic mass is 19.4. The Morgan fingerprint density at radius 3 is 2.47 bits per heavy atom. The monoisotopic (exact) mass is 533 g/mol. The highest BCUT2D eigenvalue weighted by Crippen LogP contribution is 2.35. The standard InChI is InChI=1S/C27H34F3N5O3/c1-17-13-35(16-24(36)25(31)37)15-20-11-18(4-6-22(17)20)26(38)32-21-5-3-19(23(12-21)27(28,29)30)14-34-9-7-33(2)8-10-34/h3-6,11-12,17,24,36H,7-10,13-16H2,1-2H3,(H2,31,37)(H,32,38)/t17-,24-/m0/s1. The first-order chi connectivity index (χ1) is 17.9. The Bertz CT molecular complexity index is 1180. The first-order valence-electron chi connectivity index (χ1n) is 12.7. The lowest BCUT2D eigenvalue weighted by molar-refractivity contribution is -0.138. The summed E-state index contributed by atoms with van der Waals surface area (Å²) in [6.07, 6.45) is -5.85. The van der Waals surface area contributed by atoms with Crippen LogP contribution in [0.1, 0.15) is 45.5 Å². The minimum atomic E-state index is -4.55. The van der Waals surface area contributed by atoms with Crippen LogP contribution in [0, 0.1) is 0 Å². The van der Waals surface area contributed by atoms with E-state index < -0.39 is 29.7 Å². The van der Waals surface area contributed by atoms with E-state index >= 15 is 0 Å². The second-order valence-corrected chi connectivity index (χ2v) is 10.3. The zero-order chi connectivity index (χ0) is 27.6. The molecule has 2 aromatic carbocycles. The molecule has 4 N–H and O–H groups in total. The normalized spacial score (nSPS) is 20.1. The van der Waals surface area contributed by atoms with Crippen LogP contribution in [-0.2, 0) is 24.1 Å². The van der Waals surface area contributed by atoms with E-state index in [9.17, 15) is 27.9 Å². The summed E-state index contributed by atoms with van der Waals surface area (Å²) in [4.78, 5) is 30.3. The second kappa shape index (κ2) is 11.4. The Kier molecular flexibility index (Phi) is 8.41. The van der Waals surface area contributed by atoms with Gasteiger partial charge in [-0.3, -0.25) is 19.4 Å². The number of carbonyl (C=O) groups is 2. The molecule has 206 valence electrons. The minimum Gasteiger partial charge on any atom is -0.382 e. The number of rotatable bonds is 7. The number of benzene rings is 2. The Morgan fingerprint density at radius 1 is 1.11 bits per heavy atom. The van der Waals surface area contributed by atoms with Gasteiger partial charge in [0.2, 0.25) is 5.91 Å². The van der Waals surface area contributed by atoms with E-state index in [4.69, 9.17) is 5.73 Å². The summed E-state index contributed by atoms with van der Waals surface area (Å²) in [6.45, 7) is 6.30. The first-order valence-corrected chi connectivity index (χ1v) is 12.7. The topological polar surface area (TPSA) is 102 Å². The molecule has 2 aliphatic rings. The highest BCUT2D eigenvalue weighted by Gasteiger charge is 2.34. The SMILES string of the molecule is C[C@H]1CN(C[C@H](O)C(N)=O)Cc2cc(C(=O)Nc3ccc(CN4CCN(C)CC4)c(C(F)(F)F)c3)ccc21. The molecule has 0 spiro atoms. The van der Waals surface area contributed by atoms with Crippen molar-refractivity contribution < 1.29 is 27.9 Å². The number of fused-ring (bicyclic) bond motifs is 1. The number of piperazine rings is 1. The Hall–Kier alpha value is -2.99. The number of amides is 2. The van der Waals surface area contributed by atoms with Gasteiger partial charge in [0.05, 0.1) is 5.56 Å². The molecular weight excluding hydrogens is 499 g/mol. The van der Waals surface area contributed by atoms with E-state index in [-0.39, 0.29) is 30.3 Å². The van der Waals surface area contributed by atoms with Crippen LogP contribution < -0.4 is 11.1 Å². The molecule has 38 heavy (non-hydrogen) atoms. The van der Waals surface area contributed by atoms with Crippen LogP contribution in [0.3, 0.4) is 0 Å². The molecule has 0 unspecified atom stereocenters. The third-order valence-electron chi connectivity index (χ3n) is 7.28. The van der Waals surface area contributed by atoms with Crippen molar-refractivity contribution in [1.82, 2.24) is 14.7 Å². The molecule has 1 fully saturated rings. The minimum absolute atomic E-state index is 0.0711. The van der Waals surface area contributed by atoms with Crippen molar-refractivity contribution in [3.8, 4) is 0 Å². The van der Waals surface area contributed by atoms with Crippen LogP contribution in [0.2, 0.25) is 0 Å². The summed E-state index contributed by atoms with van der Waals surface area (Å²) < 4.78 is 41.7. The van der Waals surface area contributed by atoms with Crippen LogP contribution in [0.5, 0.6) is 0 Å². The van der Waals surface area contributed by atoms with Gasteiger partial charge in [-0.05, 0) is 53.9 Å². The number of hydrogen-bond donors (Lipinski definition) is 3. The quantitative estimate of drug-likeness (QED) is 0.506. The van der Waals surface area contributed by atoms with E-state index in [1.807, 2.05) is 29.8 Å². The molecule has 8 nitrogen and oxygen atoms in total. The number of nitrogens with one attached hydrogen (secondary N) is 1. The van der Waals surface area contributed by atoms with Gasteiger partial charge < -0.3 is 21.1 Å².